The predicted molar refractivity (Wildman–Crippen MR) is 98.8 cm³/mol. The fourth-order valence-electron chi connectivity index (χ4n) is 3.25. The van der Waals surface area contributed by atoms with Crippen molar-refractivity contribution in [1.29, 1.82) is 0 Å². The highest BCUT2D eigenvalue weighted by Crippen LogP contribution is 2.33. The lowest BCUT2D eigenvalue weighted by atomic mass is 10.0. The quantitative estimate of drug-likeness (QED) is 0.463. The zero-order valence-corrected chi connectivity index (χ0v) is 14.5. The van der Waals surface area contributed by atoms with Gasteiger partial charge in [0.15, 0.2) is 0 Å². The fraction of sp³-hybridized carbons (Fsp3) is 0.250. The Balaban J connectivity index is 1.77. The van der Waals surface area contributed by atoms with Crippen molar-refractivity contribution >= 4 is 17.7 Å². The topological polar surface area (TPSA) is 72.7 Å². The molecule has 1 fully saturated rings. The highest BCUT2D eigenvalue weighted by Gasteiger charge is 2.28. The predicted octanol–water partition coefficient (Wildman–Crippen LogP) is 3.98. The molecule has 1 aliphatic heterocycles. The van der Waals surface area contributed by atoms with Gasteiger partial charge in [-0.05, 0) is 42.7 Å². The van der Waals surface area contributed by atoms with Crippen molar-refractivity contribution in [3.8, 4) is 5.75 Å². The lowest BCUT2D eigenvalue weighted by Crippen LogP contribution is -2.28. The summed E-state index contributed by atoms with van der Waals surface area (Å²) < 4.78 is 5.18. The number of ether oxygens (including phenoxy) is 1. The number of benzene rings is 2. The van der Waals surface area contributed by atoms with Crippen LogP contribution in [0, 0.1) is 10.1 Å². The molecule has 0 bridgehead atoms. The SMILES string of the molecule is COc1ccc(C2CCCN2C(=O)/C=C/c2ccccc2[N+](=O)[O-])cc1. The average molecular weight is 352 g/mol. The molecule has 0 radical (unpaired) electrons. The molecule has 3 rings (SSSR count). The molecule has 0 aromatic heterocycles. The van der Waals surface area contributed by atoms with Gasteiger partial charge in [-0.15, -0.1) is 0 Å². The molecule has 1 saturated heterocycles. The van der Waals surface area contributed by atoms with E-state index in [9.17, 15) is 14.9 Å². The number of para-hydroxylation sites is 1. The van der Waals surface area contributed by atoms with Crippen molar-refractivity contribution in [1.82, 2.24) is 4.90 Å². The molecule has 6 nitrogen and oxygen atoms in total. The maximum atomic E-state index is 12.7. The normalized spacial score (nSPS) is 16.8. The minimum Gasteiger partial charge on any atom is -0.497 e. The summed E-state index contributed by atoms with van der Waals surface area (Å²) in [5.41, 5.74) is 1.48. The molecule has 1 heterocycles. The molecule has 1 amide bonds. The number of nitrogens with zero attached hydrogens (tertiary/aromatic N) is 2. The molecule has 6 heteroatoms. The number of rotatable bonds is 5. The Bertz CT molecular complexity index is 830. The molecule has 0 aliphatic carbocycles. The molecule has 2 aromatic carbocycles. The van der Waals surface area contributed by atoms with Gasteiger partial charge >= 0.3 is 0 Å². The summed E-state index contributed by atoms with van der Waals surface area (Å²) in [6, 6.07) is 14.1. The van der Waals surface area contributed by atoms with Gasteiger partial charge in [0.1, 0.15) is 5.75 Å². The van der Waals surface area contributed by atoms with Crippen LogP contribution in [0.3, 0.4) is 0 Å². The van der Waals surface area contributed by atoms with Crippen LogP contribution in [0.2, 0.25) is 0 Å². The van der Waals surface area contributed by atoms with Crippen LogP contribution in [0.15, 0.2) is 54.6 Å². The van der Waals surface area contributed by atoms with E-state index in [4.69, 9.17) is 4.74 Å². The number of carbonyl (C=O) groups is 1. The molecular weight excluding hydrogens is 332 g/mol. The number of methoxy groups -OCH3 is 1. The number of likely N-dealkylation sites (tertiary alicyclic amines) is 1. The lowest BCUT2D eigenvalue weighted by Gasteiger charge is -2.24. The number of hydrogen-bond acceptors (Lipinski definition) is 4. The molecule has 1 unspecified atom stereocenters. The molecule has 0 saturated carbocycles. The third-order valence-corrected chi connectivity index (χ3v) is 4.58. The van der Waals surface area contributed by atoms with Gasteiger partial charge in [0.05, 0.1) is 23.6 Å². The molecule has 0 spiro atoms. The van der Waals surface area contributed by atoms with Crippen LogP contribution < -0.4 is 4.74 Å². The van der Waals surface area contributed by atoms with Crippen molar-refractivity contribution in [3.05, 3.63) is 75.8 Å². The van der Waals surface area contributed by atoms with E-state index in [1.54, 1.807) is 25.3 Å². The van der Waals surface area contributed by atoms with Gasteiger partial charge in [0, 0.05) is 18.7 Å². The average Bonchev–Trinajstić information content (AvgIpc) is 3.16. The van der Waals surface area contributed by atoms with Crippen LogP contribution in [0.5, 0.6) is 5.75 Å². The number of hydrogen-bond donors (Lipinski definition) is 0. The lowest BCUT2D eigenvalue weighted by molar-refractivity contribution is -0.385. The molecule has 26 heavy (non-hydrogen) atoms. The zero-order chi connectivity index (χ0) is 18.5. The van der Waals surface area contributed by atoms with Crippen molar-refractivity contribution in [2.24, 2.45) is 0 Å². The standard InChI is InChI=1S/C20H20N2O4/c1-26-17-11-8-16(9-12-17)18-7-4-14-21(18)20(23)13-10-15-5-2-3-6-19(15)22(24)25/h2-3,5-6,8-13,18H,4,7,14H2,1H3/b13-10+. The Morgan fingerprint density at radius 2 is 1.96 bits per heavy atom. The molecule has 1 atom stereocenters. The first-order valence-electron chi connectivity index (χ1n) is 8.46. The van der Waals surface area contributed by atoms with Crippen molar-refractivity contribution in [3.63, 3.8) is 0 Å². The van der Waals surface area contributed by atoms with E-state index >= 15 is 0 Å². The third kappa shape index (κ3) is 3.74. The summed E-state index contributed by atoms with van der Waals surface area (Å²) >= 11 is 0. The van der Waals surface area contributed by atoms with Crippen molar-refractivity contribution in [2.45, 2.75) is 18.9 Å². The molecule has 1 aliphatic rings. The Morgan fingerprint density at radius 1 is 1.23 bits per heavy atom. The van der Waals surface area contributed by atoms with E-state index in [1.807, 2.05) is 29.2 Å². The van der Waals surface area contributed by atoms with Crippen LogP contribution in [-0.4, -0.2) is 29.4 Å². The fourth-order valence-corrected chi connectivity index (χ4v) is 3.25. The smallest absolute Gasteiger partial charge is 0.276 e. The van der Waals surface area contributed by atoms with Crippen molar-refractivity contribution < 1.29 is 14.5 Å². The Hall–Kier alpha value is -3.15. The van der Waals surface area contributed by atoms with E-state index in [0.29, 0.717) is 12.1 Å². The number of nitro benzene ring substituents is 1. The summed E-state index contributed by atoms with van der Waals surface area (Å²) in [7, 11) is 1.62. The van der Waals surface area contributed by atoms with Crippen LogP contribution in [0.1, 0.15) is 30.0 Å². The van der Waals surface area contributed by atoms with Gasteiger partial charge in [0.2, 0.25) is 5.91 Å². The van der Waals surface area contributed by atoms with E-state index < -0.39 is 4.92 Å². The Morgan fingerprint density at radius 3 is 2.65 bits per heavy atom. The first-order valence-corrected chi connectivity index (χ1v) is 8.46. The largest absolute Gasteiger partial charge is 0.497 e. The second-order valence-electron chi connectivity index (χ2n) is 6.11. The minimum atomic E-state index is -0.444. The molecule has 134 valence electrons. The van der Waals surface area contributed by atoms with Crippen LogP contribution >= 0.6 is 0 Å². The minimum absolute atomic E-state index is 0.00956. The number of nitro groups is 1. The highest BCUT2D eigenvalue weighted by molar-refractivity contribution is 5.92. The maximum absolute atomic E-state index is 12.7. The summed E-state index contributed by atoms with van der Waals surface area (Å²) in [6.07, 6.45) is 4.77. The summed E-state index contributed by atoms with van der Waals surface area (Å²) in [5, 5.41) is 11.1. The monoisotopic (exact) mass is 352 g/mol. The second-order valence-corrected chi connectivity index (χ2v) is 6.11. The van der Waals surface area contributed by atoms with E-state index in [-0.39, 0.29) is 17.6 Å². The van der Waals surface area contributed by atoms with E-state index in [2.05, 4.69) is 0 Å². The van der Waals surface area contributed by atoms with Crippen molar-refractivity contribution in [2.75, 3.05) is 13.7 Å². The zero-order valence-electron chi connectivity index (χ0n) is 14.5. The van der Waals surface area contributed by atoms with Gasteiger partial charge in [-0.1, -0.05) is 24.3 Å². The van der Waals surface area contributed by atoms with Gasteiger partial charge < -0.3 is 9.64 Å². The first kappa shape index (κ1) is 17.7. The molecule has 2 aromatic rings. The molecular formula is C20H20N2O4. The maximum Gasteiger partial charge on any atom is 0.276 e. The van der Waals surface area contributed by atoms with Crippen LogP contribution in [0.4, 0.5) is 5.69 Å². The van der Waals surface area contributed by atoms with E-state index in [0.717, 1.165) is 24.2 Å². The summed E-state index contributed by atoms with van der Waals surface area (Å²) in [5.74, 6) is 0.641. The number of carbonyl (C=O) groups excluding carboxylic acids is 1. The Kier molecular flexibility index (Phi) is 5.31. The molecule has 0 N–H and O–H groups in total. The highest BCUT2D eigenvalue weighted by atomic mass is 16.6. The van der Waals surface area contributed by atoms with Gasteiger partial charge in [0.25, 0.3) is 5.69 Å². The second kappa shape index (κ2) is 7.82. The summed E-state index contributed by atoms with van der Waals surface area (Å²) in [4.78, 5) is 25.1. The van der Waals surface area contributed by atoms with Crippen LogP contribution in [-0.2, 0) is 4.79 Å². The third-order valence-electron chi connectivity index (χ3n) is 4.58. The first-order chi connectivity index (χ1) is 12.6. The summed E-state index contributed by atoms with van der Waals surface area (Å²) in [6.45, 7) is 0.677. The van der Waals surface area contributed by atoms with Gasteiger partial charge in [-0.25, -0.2) is 0 Å². The van der Waals surface area contributed by atoms with Gasteiger partial charge in [-0.2, -0.15) is 0 Å². The van der Waals surface area contributed by atoms with E-state index in [1.165, 1.54) is 18.2 Å². The van der Waals surface area contributed by atoms with Gasteiger partial charge in [-0.3, -0.25) is 14.9 Å². The number of amides is 1. The Labute approximate surface area is 151 Å². The van der Waals surface area contributed by atoms with Crippen LogP contribution in [0.25, 0.3) is 6.08 Å².